The first-order valence-corrected chi connectivity index (χ1v) is 9.42. The number of carbonyl (C=O) groups excluding carboxylic acids is 1. The lowest BCUT2D eigenvalue weighted by molar-refractivity contribution is 0.0963. The molecule has 1 heterocycles. The Morgan fingerprint density at radius 1 is 0.964 bits per heavy atom. The van der Waals surface area contributed by atoms with Crippen LogP contribution < -0.4 is 9.47 Å². The number of hydrogen-bond acceptors (Lipinski definition) is 4. The maximum atomic E-state index is 13.0. The van der Waals surface area contributed by atoms with Gasteiger partial charge in [-0.3, -0.25) is 4.79 Å². The number of benzene rings is 2. The number of aryl methyl sites for hydroxylation is 2. The summed E-state index contributed by atoms with van der Waals surface area (Å²) >= 11 is 0. The van der Waals surface area contributed by atoms with Crippen LogP contribution in [-0.4, -0.2) is 29.8 Å². The molecule has 28 heavy (non-hydrogen) atoms. The Morgan fingerprint density at radius 2 is 1.68 bits per heavy atom. The van der Waals surface area contributed by atoms with Gasteiger partial charge in [-0.15, -0.1) is 0 Å². The normalized spacial score (nSPS) is 16.0. The van der Waals surface area contributed by atoms with Crippen molar-refractivity contribution in [2.45, 2.75) is 32.6 Å². The second-order valence-electron chi connectivity index (χ2n) is 7.30. The summed E-state index contributed by atoms with van der Waals surface area (Å²) < 4.78 is 12.7. The van der Waals surface area contributed by atoms with Crippen molar-refractivity contribution in [2.75, 3.05) is 14.2 Å². The van der Waals surface area contributed by atoms with Gasteiger partial charge in [0, 0.05) is 6.42 Å². The van der Waals surface area contributed by atoms with Gasteiger partial charge in [0.25, 0.3) is 0 Å². The Kier molecular flexibility index (Phi) is 4.67. The molecule has 0 aliphatic heterocycles. The molecule has 1 unspecified atom stereocenters. The number of hydrogen-bond donors (Lipinski definition) is 0. The molecular weight excluding hydrogens is 352 g/mol. The second kappa shape index (κ2) is 7.15. The van der Waals surface area contributed by atoms with Crippen molar-refractivity contribution in [1.29, 1.82) is 0 Å². The first kappa shape index (κ1) is 18.3. The fraction of sp³-hybridized carbons (Fsp3) is 0.304. The van der Waals surface area contributed by atoms with Crippen LogP contribution in [0.3, 0.4) is 0 Å². The van der Waals surface area contributed by atoms with Crippen molar-refractivity contribution < 1.29 is 14.3 Å². The van der Waals surface area contributed by atoms with E-state index in [1.807, 2.05) is 41.9 Å². The van der Waals surface area contributed by atoms with E-state index in [0.717, 1.165) is 34.6 Å². The summed E-state index contributed by atoms with van der Waals surface area (Å²) in [6, 6.07) is 14.1. The molecule has 144 valence electrons. The summed E-state index contributed by atoms with van der Waals surface area (Å²) in [5, 5.41) is 4.68. The fourth-order valence-electron chi connectivity index (χ4n) is 4.00. The smallest absolute Gasteiger partial charge is 0.167 e. The van der Waals surface area contributed by atoms with Gasteiger partial charge in [-0.1, -0.05) is 23.8 Å². The zero-order valence-corrected chi connectivity index (χ0v) is 16.7. The molecule has 5 heteroatoms. The molecule has 0 spiro atoms. The van der Waals surface area contributed by atoms with Crippen LogP contribution in [0.4, 0.5) is 0 Å². The number of rotatable bonds is 4. The third-order valence-electron chi connectivity index (χ3n) is 5.46. The number of fused-ring (bicyclic) bond motifs is 1. The third kappa shape index (κ3) is 3.07. The molecule has 0 fully saturated rings. The third-order valence-corrected chi connectivity index (χ3v) is 5.46. The molecule has 1 aliphatic rings. The van der Waals surface area contributed by atoms with Crippen LogP contribution in [0.1, 0.15) is 45.2 Å². The molecule has 1 atom stereocenters. The zero-order chi connectivity index (χ0) is 19.8. The van der Waals surface area contributed by atoms with Crippen molar-refractivity contribution in [3.63, 3.8) is 0 Å². The molecule has 0 saturated carbocycles. The Morgan fingerprint density at radius 3 is 2.36 bits per heavy atom. The van der Waals surface area contributed by atoms with E-state index >= 15 is 0 Å². The molecule has 5 nitrogen and oxygen atoms in total. The lowest BCUT2D eigenvalue weighted by Gasteiger charge is -2.24. The number of Topliss-reactive ketones (excluding diaryl/α,β-unsaturated/α-hetero) is 1. The lowest BCUT2D eigenvalue weighted by Crippen LogP contribution is -2.20. The Balaban J connectivity index is 1.75. The molecule has 2 aromatic carbocycles. The molecule has 0 saturated heterocycles. The minimum Gasteiger partial charge on any atom is -0.493 e. The van der Waals surface area contributed by atoms with Crippen LogP contribution in [0.2, 0.25) is 0 Å². The molecule has 0 amide bonds. The van der Waals surface area contributed by atoms with Crippen LogP contribution in [0.5, 0.6) is 11.5 Å². The van der Waals surface area contributed by atoms with Gasteiger partial charge < -0.3 is 9.47 Å². The van der Waals surface area contributed by atoms with Gasteiger partial charge >= 0.3 is 0 Å². The minimum absolute atomic E-state index is 0.0834. The van der Waals surface area contributed by atoms with Crippen molar-refractivity contribution in [3.05, 3.63) is 70.5 Å². The van der Waals surface area contributed by atoms with E-state index in [2.05, 4.69) is 24.2 Å². The maximum Gasteiger partial charge on any atom is 0.167 e. The van der Waals surface area contributed by atoms with Crippen molar-refractivity contribution >= 4 is 5.78 Å². The summed E-state index contributed by atoms with van der Waals surface area (Å²) in [7, 11) is 3.25. The number of ketones is 1. The summed E-state index contributed by atoms with van der Waals surface area (Å²) in [4.78, 5) is 13.0. The van der Waals surface area contributed by atoms with E-state index < -0.39 is 0 Å². The zero-order valence-electron chi connectivity index (χ0n) is 16.7. The van der Waals surface area contributed by atoms with E-state index in [-0.39, 0.29) is 11.7 Å². The van der Waals surface area contributed by atoms with Gasteiger partial charge in [-0.05, 0) is 56.0 Å². The lowest BCUT2D eigenvalue weighted by atomic mass is 9.81. The van der Waals surface area contributed by atoms with Gasteiger partial charge in [-0.25, -0.2) is 4.68 Å². The highest BCUT2D eigenvalue weighted by Gasteiger charge is 2.32. The van der Waals surface area contributed by atoms with Crippen LogP contribution >= 0.6 is 0 Å². The van der Waals surface area contributed by atoms with Gasteiger partial charge in [0.15, 0.2) is 17.3 Å². The first-order chi connectivity index (χ1) is 13.5. The van der Waals surface area contributed by atoms with Crippen LogP contribution in [0.25, 0.3) is 5.69 Å². The van der Waals surface area contributed by atoms with E-state index in [4.69, 9.17) is 9.47 Å². The van der Waals surface area contributed by atoms with E-state index in [1.165, 1.54) is 5.56 Å². The van der Waals surface area contributed by atoms with Crippen LogP contribution in [0.15, 0.2) is 42.5 Å². The summed E-state index contributed by atoms with van der Waals surface area (Å²) in [6.07, 6.45) is 1.23. The molecule has 1 aromatic heterocycles. The van der Waals surface area contributed by atoms with Gasteiger partial charge in [0.1, 0.15) is 0 Å². The standard InChI is InChI=1S/C23H24N2O3/c1-14-5-8-18(9-6-14)25-19-11-17(12-20(26)23(19)15(2)24-25)16-7-10-21(27-3)22(13-16)28-4/h5-10,13,17H,11-12H2,1-4H3. The van der Waals surface area contributed by atoms with Crippen molar-refractivity contribution in [2.24, 2.45) is 0 Å². The van der Waals surface area contributed by atoms with Crippen LogP contribution in [0, 0.1) is 13.8 Å². The highest BCUT2D eigenvalue weighted by molar-refractivity contribution is 6.00. The van der Waals surface area contributed by atoms with E-state index in [0.29, 0.717) is 17.9 Å². The highest BCUT2D eigenvalue weighted by Crippen LogP contribution is 2.38. The number of ether oxygens (including phenoxy) is 2. The molecule has 0 N–H and O–H groups in total. The maximum absolute atomic E-state index is 13.0. The Labute approximate surface area is 164 Å². The predicted octanol–water partition coefficient (Wildman–Crippen LogP) is 4.42. The average molecular weight is 376 g/mol. The summed E-state index contributed by atoms with van der Waals surface area (Å²) in [6.45, 7) is 3.97. The Hall–Kier alpha value is -3.08. The fourth-order valence-corrected chi connectivity index (χ4v) is 4.00. The monoisotopic (exact) mass is 376 g/mol. The minimum atomic E-state index is 0.0834. The second-order valence-corrected chi connectivity index (χ2v) is 7.30. The molecule has 0 bridgehead atoms. The first-order valence-electron chi connectivity index (χ1n) is 9.42. The molecule has 1 aliphatic carbocycles. The molecule has 0 radical (unpaired) electrons. The molecular formula is C23H24N2O3. The van der Waals surface area contributed by atoms with E-state index in [1.54, 1.807) is 14.2 Å². The molecule has 3 aromatic rings. The van der Waals surface area contributed by atoms with Gasteiger partial charge in [0.05, 0.1) is 36.9 Å². The topological polar surface area (TPSA) is 53.3 Å². The summed E-state index contributed by atoms with van der Waals surface area (Å²) in [5.74, 6) is 1.60. The number of aromatic nitrogens is 2. The van der Waals surface area contributed by atoms with Crippen LogP contribution in [-0.2, 0) is 6.42 Å². The average Bonchev–Trinajstić information content (AvgIpc) is 3.05. The van der Waals surface area contributed by atoms with E-state index in [9.17, 15) is 4.79 Å². The number of nitrogens with zero attached hydrogens (tertiary/aromatic N) is 2. The number of carbonyl (C=O) groups is 1. The van der Waals surface area contributed by atoms with Crippen molar-refractivity contribution in [3.8, 4) is 17.2 Å². The van der Waals surface area contributed by atoms with Gasteiger partial charge in [0.2, 0.25) is 0 Å². The summed E-state index contributed by atoms with van der Waals surface area (Å²) in [5.41, 5.74) is 5.81. The van der Waals surface area contributed by atoms with Crippen molar-refractivity contribution in [1.82, 2.24) is 9.78 Å². The molecule has 4 rings (SSSR count). The largest absolute Gasteiger partial charge is 0.493 e. The van der Waals surface area contributed by atoms with Gasteiger partial charge in [-0.2, -0.15) is 5.10 Å². The predicted molar refractivity (Wildman–Crippen MR) is 108 cm³/mol. The highest BCUT2D eigenvalue weighted by atomic mass is 16.5. The number of methoxy groups -OCH3 is 2. The quantitative estimate of drug-likeness (QED) is 0.676. The SMILES string of the molecule is COc1ccc(C2CC(=O)c3c(C)nn(-c4ccc(C)cc4)c3C2)cc1OC. The Bertz CT molecular complexity index is 1030.